The summed E-state index contributed by atoms with van der Waals surface area (Å²) in [6.45, 7) is 0.210. The third kappa shape index (κ3) is 3.43. The van der Waals surface area contributed by atoms with Gasteiger partial charge in [-0.3, -0.25) is 4.79 Å². The molecule has 122 valence electrons. The lowest BCUT2D eigenvalue weighted by molar-refractivity contribution is 0.0947. The molecule has 1 amide bonds. The van der Waals surface area contributed by atoms with E-state index in [-0.39, 0.29) is 18.3 Å². The van der Waals surface area contributed by atoms with Crippen LogP contribution in [0.3, 0.4) is 0 Å². The van der Waals surface area contributed by atoms with Gasteiger partial charge in [0.25, 0.3) is 5.91 Å². The molecule has 0 saturated heterocycles. The fraction of sp³-hybridized carbons (Fsp3) is 0.111. The van der Waals surface area contributed by atoms with E-state index >= 15 is 0 Å². The topological polar surface area (TPSA) is 64.4 Å². The Morgan fingerprint density at radius 3 is 2.71 bits per heavy atom. The highest BCUT2D eigenvalue weighted by atomic mass is 19.1. The number of carbonyl (C=O) groups excluding carboxylic acids is 1. The van der Waals surface area contributed by atoms with Gasteiger partial charge in [-0.2, -0.15) is 0 Å². The van der Waals surface area contributed by atoms with E-state index in [4.69, 9.17) is 9.26 Å². The Labute approximate surface area is 138 Å². The molecular formula is C18H15FN2O3. The van der Waals surface area contributed by atoms with Crippen molar-refractivity contribution in [3.8, 4) is 17.1 Å². The van der Waals surface area contributed by atoms with Crippen LogP contribution in [-0.4, -0.2) is 18.2 Å². The molecule has 5 nitrogen and oxygen atoms in total. The number of halogens is 1. The highest BCUT2D eigenvalue weighted by molar-refractivity contribution is 5.96. The van der Waals surface area contributed by atoms with E-state index in [0.717, 1.165) is 0 Å². The number of benzene rings is 2. The zero-order valence-corrected chi connectivity index (χ0v) is 13.0. The van der Waals surface area contributed by atoms with E-state index in [1.54, 1.807) is 42.5 Å². The van der Waals surface area contributed by atoms with E-state index in [0.29, 0.717) is 28.3 Å². The van der Waals surface area contributed by atoms with Crippen LogP contribution in [0.5, 0.6) is 5.75 Å². The van der Waals surface area contributed by atoms with Gasteiger partial charge in [0.15, 0.2) is 5.76 Å². The summed E-state index contributed by atoms with van der Waals surface area (Å²) in [5, 5.41) is 6.67. The molecule has 0 fully saturated rings. The summed E-state index contributed by atoms with van der Waals surface area (Å²) >= 11 is 0. The van der Waals surface area contributed by atoms with Gasteiger partial charge in [0.05, 0.1) is 19.2 Å². The Morgan fingerprint density at radius 2 is 1.96 bits per heavy atom. The second kappa shape index (κ2) is 6.95. The number of nitrogens with zero attached hydrogens (tertiary/aromatic N) is 1. The summed E-state index contributed by atoms with van der Waals surface area (Å²) in [5.41, 5.74) is 1.73. The summed E-state index contributed by atoms with van der Waals surface area (Å²) in [5.74, 6) is 0.431. The molecule has 6 heteroatoms. The van der Waals surface area contributed by atoms with Crippen LogP contribution in [0, 0.1) is 5.82 Å². The van der Waals surface area contributed by atoms with Gasteiger partial charge in [-0.1, -0.05) is 17.3 Å². The Balaban J connectivity index is 1.67. The van der Waals surface area contributed by atoms with Gasteiger partial charge in [0.1, 0.15) is 17.3 Å². The van der Waals surface area contributed by atoms with Crippen molar-refractivity contribution in [1.29, 1.82) is 0 Å². The largest absolute Gasteiger partial charge is 0.496 e. The lowest BCUT2D eigenvalue weighted by Gasteiger charge is -2.07. The average molecular weight is 326 g/mol. The van der Waals surface area contributed by atoms with Gasteiger partial charge in [-0.05, 0) is 36.4 Å². The highest BCUT2D eigenvalue weighted by Crippen LogP contribution is 2.21. The molecule has 0 radical (unpaired) electrons. The first-order chi connectivity index (χ1) is 11.7. The van der Waals surface area contributed by atoms with E-state index in [1.807, 2.05) is 0 Å². The predicted molar refractivity (Wildman–Crippen MR) is 86.1 cm³/mol. The third-order valence-electron chi connectivity index (χ3n) is 3.47. The standard InChI is InChI=1S/C18H15FN2O3/c1-23-16-5-3-2-4-15(16)18(22)20-11-14-10-17(24-21-14)12-6-8-13(19)9-7-12/h2-10H,11H2,1H3,(H,20,22). The molecule has 3 rings (SSSR count). The second-order valence-electron chi connectivity index (χ2n) is 5.07. The van der Waals surface area contributed by atoms with Gasteiger partial charge in [-0.25, -0.2) is 4.39 Å². The molecule has 0 atom stereocenters. The van der Waals surface area contributed by atoms with Gasteiger partial charge < -0.3 is 14.6 Å². The van der Waals surface area contributed by atoms with Gasteiger partial charge >= 0.3 is 0 Å². The van der Waals surface area contributed by atoms with E-state index in [9.17, 15) is 9.18 Å². The predicted octanol–water partition coefficient (Wildman–Crippen LogP) is 3.42. The number of para-hydroxylation sites is 1. The van der Waals surface area contributed by atoms with Crippen LogP contribution in [0.1, 0.15) is 16.1 Å². The number of hydrogen-bond acceptors (Lipinski definition) is 4. The molecule has 1 heterocycles. The van der Waals surface area contributed by atoms with Crippen LogP contribution in [0.4, 0.5) is 4.39 Å². The van der Waals surface area contributed by atoms with Crippen molar-refractivity contribution in [3.05, 3.63) is 71.7 Å². The molecule has 0 bridgehead atoms. The Kier molecular flexibility index (Phi) is 4.56. The zero-order chi connectivity index (χ0) is 16.9. The molecular weight excluding hydrogens is 311 g/mol. The molecule has 1 aromatic heterocycles. The highest BCUT2D eigenvalue weighted by Gasteiger charge is 2.12. The first-order valence-electron chi connectivity index (χ1n) is 7.30. The molecule has 0 spiro atoms. The minimum Gasteiger partial charge on any atom is -0.496 e. The average Bonchev–Trinajstić information content (AvgIpc) is 3.09. The minimum atomic E-state index is -0.317. The Hall–Kier alpha value is -3.15. The zero-order valence-electron chi connectivity index (χ0n) is 13.0. The Morgan fingerprint density at radius 1 is 1.21 bits per heavy atom. The SMILES string of the molecule is COc1ccccc1C(=O)NCc1cc(-c2ccc(F)cc2)on1. The van der Waals surface area contributed by atoms with Crippen LogP contribution in [-0.2, 0) is 6.54 Å². The van der Waals surface area contributed by atoms with Gasteiger partial charge in [0, 0.05) is 11.6 Å². The number of aromatic nitrogens is 1. The van der Waals surface area contributed by atoms with Crippen molar-refractivity contribution in [3.63, 3.8) is 0 Å². The molecule has 2 aromatic carbocycles. The fourth-order valence-electron chi connectivity index (χ4n) is 2.24. The Bertz CT molecular complexity index is 843. The van der Waals surface area contributed by atoms with Crippen LogP contribution in [0.25, 0.3) is 11.3 Å². The lowest BCUT2D eigenvalue weighted by atomic mass is 10.1. The molecule has 0 unspecified atom stereocenters. The lowest BCUT2D eigenvalue weighted by Crippen LogP contribution is -2.23. The number of methoxy groups -OCH3 is 1. The second-order valence-corrected chi connectivity index (χ2v) is 5.07. The first-order valence-corrected chi connectivity index (χ1v) is 7.30. The normalized spacial score (nSPS) is 10.4. The van der Waals surface area contributed by atoms with Crippen molar-refractivity contribution >= 4 is 5.91 Å². The van der Waals surface area contributed by atoms with Gasteiger partial charge in [-0.15, -0.1) is 0 Å². The summed E-state index contributed by atoms with van der Waals surface area (Å²) in [4.78, 5) is 12.2. The maximum Gasteiger partial charge on any atom is 0.255 e. The van der Waals surface area contributed by atoms with Crippen LogP contribution >= 0.6 is 0 Å². The number of carbonyl (C=O) groups is 1. The van der Waals surface area contributed by atoms with E-state index < -0.39 is 0 Å². The van der Waals surface area contributed by atoms with Crippen molar-refractivity contribution in [1.82, 2.24) is 10.5 Å². The summed E-state index contributed by atoms with van der Waals surface area (Å²) in [6.07, 6.45) is 0. The summed E-state index contributed by atoms with van der Waals surface area (Å²) in [6, 6.07) is 14.6. The van der Waals surface area contributed by atoms with Crippen molar-refractivity contribution in [2.75, 3.05) is 7.11 Å². The van der Waals surface area contributed by atoms with E-state index in [1.165, 1.54) is 19.2 Å². The molecule has 3 aromatic rings. The first kappa shape index (κ1) is 15.7. The molecule has 24 heavy (non-hydrogen) atoms. The smallest absolute Gasteiger partial charge is 0.255 e. The number of rotatable bonds is 5. The van der Waals surface area contributed by atoms with Gasteiger partial charge in [0.2, 0.25) is 0 Å². The third-order valence-corrected chi connectivity index (χ3v) is 3.47. The van der Waals surface area contributed by atoms with Crippen LogP contribution in [0.15, 0.2) is 59.1 Å². The number of amides is 1. The van der Waals surface area contributed by atoms with E-state index in [2.05, 4.69) is 10.5 Å². The van der Waals surface area contributed by atoms with Crippen molar-refractivity contribution in [2.24, 2.45) is 0 Å². The molecule has 0 aliphatic carbocycles. The monoisotopic (exact) mass is 326 g/mol. The maximum absolute atomic E-state index is 12.9. The molecule has 0 saturated carbocycles. The summed E-state index contributed by atoms with van der Waals surface area (Å²) < 4.78 is 23.3. The van der Waals surface area contributed by atoms with Crippen molar-refractivity contribution in [2.45, 2.75) is 6.54 Å². The maximum atomic E-state index is 12.9. The van der Waals surface area contributed by atoms with Crippen molar-refractivity contribution < 1.29 is 18.4 Å². The number of ether oxygens (including phenoxy) is 1. The number of hydrogen-bond donors (Lipinski definition) is 1. The number of nitrogens with one attached hydrogen (secondary N) is 1. The quantitative estimate of drug-likeness (QED) is 0.780. The molecule has 0 aliphatic rings. The summed E-state index contributed by atoms with van der Waals surface area (Å²) in [7, 11) is 1.51. The molecule has 0 aliphatic heterocycles. The van der Waals surface area contributed by atoms with Crippen LogP contribution in [0.2, 0.25) is 0 Å². The minimum absolute atomic E-state index is 0.210. The fourth-order valence-corrected chi connectivity index (χ4v) is 2.24. The van der Waals surface area contributed by atoms with Crippen LogP contribution < -0.4 is 10.1 Å². The molecule has 1 N–H and O–H groups in total.